The molecule has 84 valence electrons. The van der Waals surface area contributed by atoms with Gasteiger partial charge < -0.3 is 10.5 Å². The summed E-state index contributed by atoms with van der Waals surface area (Å²) in [5, 5.41) is 10.5. The first-order chi connectivity index (χ1) is 7.58. The molecule has 16 heavy (non-hydrogen) atoms. The summed E-state index contributed by atoms with van der Waals surface area (Å²) in [6.45, 7) is 0. The zero-order valence-corrected chi connectivity index (χ0v) is 8.38. The molecule has 0 fully saturated rings. The molecule has 0 radical (unpaired) electrons. The normalized spacial score (nSPS) is 18.4. The van der Waals surface area contributed by atoms with Gasteiger partial charge in [-0.3, -0.25) is 14.9 Å². The van der Waals surface area contributed by atoms with Crippen LogP contribution in [0.5, 0.6) is 5.75 Å². The van der Waals surface area contributed by atoms with Crippen molar-refractivity contribution in [2.75, 3.05) is 0 Å². The van der Waals surface area contributed by atoms with Crippen LogP contribution in [0.1, 0.15) is 12.0 Å². The fraction of sp³-hybridized carbons (Fsp3) is 0.300. The van der Waals surface area contributed by atoms with E-state index in [0.29, 0.717) is 18.6 Å². The van der Waals surface area contributed by atoms with E-state index in [-0.39, 0.29) is 5.69 Å². The minimum absolute atomic E-state index is 0.0277. The van der Waals surface area contributed by atoms with E-state index in [2.05, 4.69) is 0 Å². The summed E-state index contributed by atoms with van der Waals surface area (Å²) < 4.78 is 5.33. The lowest BCUT2D eigenvalue weighted by Gasteiger charge is -2.23. The molecule has 0 aliphatic carbocycles. The minimum Gasteiger partial charge on any atom is -0.480 e. The highest BCUT2D eigenvalue weighted by Gasteiger charge is 2.25. The first-order valence-electron chi connectivity index (χ1n) is 4.81. The summed E-state index contributed by atoms with van der Waals surface area (Å²) in [7, 11) is 0. The van der Waals surface area contributed by atoms with Crippen molar-refractivity contribution < 1.29 is 14.5 Å². The number of benzene rings is 1. The van der Waals surface area contributed by atoms with Crippen LogP contribution < -0.4 is 10.5 Å². The smallest absolute Gasteiger partial charge is 0.269 e. The maximum absolute atomic E-state index is 10.9. The molecule has 1 atom stereocenters. The molecule has 0 bridgehead atoms. The van der Waals surface area contributed by atoms with Crippen LogP contribution in [0.3, 0.4) is 0 Å². The van der Waals surface area contributed by atoms with Crippen LogP contribution in [-0.4, -0.2) is 16.9 Å². The first kappa shape index (κ1) is 10.4. The van der Waals surface area contributed by atoms with Crippen LogP contribution in [0.15, 0.2) is 18.2 Å². The second kappa shape index (κ2) is 3.80. The quantitative estimate of drug-likeness (QED) is 0.590. The molecule has 6 heteroatoms. The van der Waals surface area contributed by atoms with Gasteiger partial charge in [0.15, 0.2) is 6.10 Å². The predicted octanol–water partition coefficient (Wildman–Crippen LogP) is 0.774. The standard InChI is InChI=1S/C10H10N2O4/c11-10(13)9-3-1-6-5-7(12(14)15)2-4-8(6)16-9/h2,4-5,9H,1,3H2,(H2,11,13). The van der Waals surface area contributed by atoms with Crippen molar-refractivity contribution >= 4 is 11.6 Å². The maximum Gasteiger partial charge on any atom is 0.269 e. The second-order valence-corrected chi connectivity index (χ2v) is 3.60. The van der Waals surface area contributed by atoms with E-state index in [1.807, 2.05) is 0 Å². The fourth-order valence-corrected chi connectivity index (χ4v) is 1.69. The molecule has 1 unspecified atom stereocenters. The number of fused-ring (bicyclic) bond motifs is 1. The Hall–Kier alpha value is -2.11. The van der Waals surface area contributed by atoms with Crippen LogP contribution in [0.25, 0.3) is 0 Å². The Balaban J connectivity index is 2.29. The van der Waals surface area contributed by atoms with Gasteiger partial charge in [-0.25, -0.2) is 0 Å². The van der Waals surface area contributed by atoms with Crippen molar-refractivity contribution in [3.8, 4) is 5.75 Å². The Morgan fingerprint density at radius 3 is 2.94 bits per heavy atom. The molecule has 0 saturated carbocycles. The topological polar surface area (TPSA) is 95.5 Å². The van der Waals surface area contributed by atoms with Crippen molar-refractivity contribution in [2.24, 2.45) is 5.73 Å². The van der Waals surface area contributed by atoms with E-state index in [0.717, 1.165) is 5.56 Å². The molecule has 1 aliphatic rings. The van der Waals surface area contributed by atoms with Crippen LogP contribution in [0, 0.1) is 10.1 Å². The molecule has 1 aliphatic heterocycles. The third-order valence-electron chi connectivity index (χ3n) is 2.52. The number of nitrogens with zero attached hydrogens (tertiary/aromatic N) is 1. The third kappa shape index (κ3) is 1.81. The number of rotatable bonds is 2. The molecular formula is C10H10N2O4. The Morgan fingerprint density at radius 1 is 1.56 bits per heavy atom. The SMILES string of the molecule is NC(=O)C1CCc2cc([N+](=O)[O-])ccc2O1. The van der Waals surface area contributed by atoms with Crippen molar-refractivity contribution in [3.05, 3.63) is 33.9 Å². The van der Waals surface area contributed by atoms with Crippen LogP contribution in [-0.2, 0) is 11.2 Å². The lowest BCUT2D eigenvalue weighted by molar-refractivity contribution is -0.385. The average Bonchev–Trinajstić information content (AvgIpc) is 2.27. The van der Waals surface area contributed by atoms with Gasteiger partial charge in [-0.1, -0.05) is 0 Å². The number of ether oxygens (including phenoxy) is 1. The number of amides is 1. The monoisotopic (exact) mass is 222 g/mol. The van der Waals surface area contributed by atoms with Crippen molar-refractivity contribution in [1.29, 1.82) is 0 Å². The van der Waals surface area contributed by atoms with E-state index in [9.17, 15) is 14.9 Å². The molecular weight excluding hydrogens is 212 g/mol. The van der Waals surface area contributed by atoms with Gasteiger partial charge in [0.1, 0.15) is 5.75 Å². The summed E-state index contributed by atoms with van der Waals surface area (Å²) in [4.78, 5) is 21.0. The zero-order valence-electron chi connectivity index (χ0n) is 8.38. The maximum atomic E-state index is 10.9. The van der Waals surface area contributed by atoms with Gasteiger partial charge in [-0.15, -0.1) is 0 Å². The summed E-state index contributed by atoms with van der Waals surface area (Å²) >= 11 is 0. The number of aryl methyl sites for hydroxylation is 1. The lowest BCUT2D eigenvalue weighted by Crippen LogP contribution is -2.36. The summed E-state index contributed by atoms with van der Waals surface area (Å²) in [5.74, 6) is -0.00958. The summed E-state index contributed by atoms with van der Waals surface area (Å²) in [5.41, 5.74) is 5.90. The molecule has 0 aromatic heterocycles. The summed E-state index contributed by atoms with van der Waals surface area (Å²) in [6, 6.07) is 4.32. The lowest BCUT2D eigenvalue weighted by atomic mass is 10.0. The van der Waals surface area contributed by atoms with Gasteiger partial charge >= 0.3 is 0 Å². The molecule has 1 aromatic rings. The number of hydrogen-bond acceptors (Lipinski definition) is 4. The van der Waals surface area contributed by atoms with E-state index in [1.165, 1.54) is 18.2 Å². The molecule has 0 spiro atoms. The number of nitro benzene ring substituents is 1. The number of carbonyl (C=O) groups excluding carboxylic acids is 1. The highest BCUT2D eigenvalue weighted by atomic mass is 16.6. The highest BCUT2D eigenvalue weighted by Crippen LogP contribution is 2.30. The fourth-order valence-electron chi connectivity index (χ4n) is 1.69. The molecule has 1 aromatic carbocycles. The van der Waals surface area contributed by atoms with E-state index in [4.69, 9.17) is 10.5 Å². The first-order valence-corrected chi connectivity index (χ1v) is 4.81. The molecule has 2 rings (SSSR count). The second-order valence-electron chi connectivity index (χ2n) is 3.60. The minimum atomic E-state index is -0.631. The van der Waals surface area contributed by atoms with Gasteiger partial charge in [0.25, 0.3) is 11.6 Å². The van der Waals surface area contributed by atoms with E-state index >= 15 is 0 Å². The van der Waals surface area contributed by atoms with Crippen molar-refractivity contribution in [2.45, 2.75) is 18.9 Å². The molecule has 1 heterocycles. The van der Waals surface area contributed by atoms with Crippen LogP contribution in [0.4, 0.5) is 5.69 Å². The number of nitrogens with two attached hydrogens (primary N) is 1. The molecule has 6 nitrogen and oxygen atoms in total. The number of hydrogen-bond donors (Lipinski definition) is 1. The Bertz CT molecular complexity index is 458. The number of primary amides is 1. The molecule has 1 amide bonds. The van der Waals surface area contributed by atoms with Crippen LogP contribution >= 0.6 is 0 Å². The zero-order chi connectivity index (χ0) is 11.7. The van der Waals surface area contributed by atoms with Crippen molar-refractivity contribution in [3.63, 3.8) is 0 Å². The predicted molar refractivity (Wildman–Crippen MR) is 55.0 cm³/mol. The Kier molecular flexibility index (Phi) is 2.47. The van der Waals surface area contributed by atoms with Gasteiger partial charge in [-0.2, -0.15) is 0 Å². The van der Waals surface area contributed by atoms with Gasteiger partial charge in [0, 0.05) is 17.7 Å². The van der Waals surface area contributed by atoms with Gasteiger partial charge in [0.05, 0.1) is 4.92 Å². The highest BCUT2D eigenvalue weighted by molar-refractivity contribution is 5.79. The average molecular weight is 222 g/mol. The largest absolute Gasteiger partial charge is 0.480 e. The molecule has 2 N–H and O–H groups in total. The van der Waals surface area contributed by atoms with Gasteiger partial charge in [0.2, 0.25) is 0 Å². The van der Waals surface area contributed by atoms with E-state index in [1.54, 1.807) is 0 Å². The van der Waals surface area contributed by atoms with Gasteiger partial charge in [-0.05, 0) is 18.9 Å². The molecule has 0 saturated heterocycles. The van der Waals surface area contributed by atoms with Crippen molar-refractivity contribution in [1.82, 2.24) is 0 Å². The number of nitro groups is 1. The van der Waals surface area contributed by atoms with E-state index < -0.39 is 16.9 Å². The number of carbonyl (C=O) groups is 1. The van der Waals surface area contributed by atoms with Crippen LogP contribution in [0.2, 0.25) is 0 Å². The number of non-ortho nitro benzene ring substituents is 1. The summed E-state index contributed by atoms with van der Waals surface area (Å²) in [6.07, 6.45) is 0.391. The Morgan fingerprint density at radius 2 is 2.31 bits per heavy atom. The Labute approximate surface area is 91.2 Å². The third-order valence-corrected chi connectivity index (χ3v) is 2.52.